The van der Waals surface area contributed by atoms with Gasteiger partial charge >= 0.3 is 0 Å². The summed E-state index contributed by atoms with van der Waals surface area (Å²) in [4.78, 5) is 25.5. The molecule has 1 aromatic rings. The fourth-order valence-corrected chi connectivity index (χ4v) is 4.50. The molecule has 0 bridgehead atoms. The third-order valence-electron chi connectivity index (χ3n) is 5.85. The Morgan fingerprint density at radius 2 is 1.81 bits per heavy atom. The number of rotatable bonds is 5. The predicted octanol–water partition coefficient (Wildman–Crippen LogP) is 4.07. The van der Waals surface area contributed by atoms with Crippen molar-refractivity contribution in [2.45, 2.75) is 76.3 Å². The van der Waals surface area contributed by atoms with E-state index >= 15 is 0 Å². The second-order valence-electron chi connectivity index (χ2n) is 8.14. The van der Waals surface area contributed by atoms with Crippen molar-refractivity contribution in [3.8, 4) is 0 Å². The van der Waals surface area contributed by atoms with Gasteiger partial charge in [-0.05, 0) is 63.6 Å². The maximum Gasteiger partial charge on any atom is 0.230 e. The summed E-state index contributed by atoms with van der Waals surface area (Å²) in [7, 11) is 0. The fraction of sp³-hybridized carbons (Fsp3) is 0.619. The molecule has 142 valence electrons. The summed E-state index contributed by atoms with van der Waals surface area (Å²) in [5.74, 6) is 0.285. The van der Waals surface area contributed by atoms with Crippen molar-refractivity contribution in [3.05, 3.63) is 34.3 Å². The lowest BCUT2D eigenvalue weighted by Crippen LogP contribution is -2.53. The molecule has 1 aromatic carbocycles. The highest BCUT2D eigenvalue weighted by molar-refractivity contribution is 9.10. The first kappa shape index (κ1) is 19.4. The molecule has 0 aliphatic heterocycles. The Bertz CT molecular complexity index is 652. The zero-order valence-electron chi connectivity index (χ0n) is 15.7. The third-order valence-corrected chi connectivity index (χ3v) is 6.38. The molecule has 3 rings (SSSR count). The van der Waals surface area contributed by atoms with E-state index in [-0.39, 0.29) is 35.2 Å². The zero-order chi connectivity index (χ0) is 18.7. The van der Waals surface area contributed by atoms with Crippen LogP contribution in [0, 0.1) is 5.92 Å². The van der Waals surface area contributed by atoms with Gasteiger partial charge in [-0.15, -0.1) is 0 Å². The number of hydrogen-bond acceptors (Lipinski definition) is 2. The smallest absolute Gasteiger partial charge is 0.230 e. The summed E-state index contributed by atoms with van der Waals surface area (Å²) < 4.78 is 1.03. The first-order valence-electron chi connectivity index (χ1n) is 9.78. The molecule has 2 saturated carbocycles. The van der Waals surface area contributed by atoms with Gasteiger partial charge in [0.2, 0.25) is 11.8 Å². The number of benzene rings is 1. The van der Waals surface area contributed by atoms with Crippen LogP contribution >= 0.6 is 15.9 Å². The van der Waals surface area contributed by atoms with Gasteiger partial charge in [-0.3, -0.25) is 9.59 Å². The van der Waals surface area contributed by atoms with Crippen LogP contribution in [0.1, 0.15) is 64.4 Å². The zero-order valence-corrected chi connectivity index (χ0v) is 17.3. The van der Waals surface area contributed by atoms with Gasteiger partial charge in [0.1, 0.15) is 0 Å². The Hall–Kier alpha value is -1.36. The number of amides is 2. The number of halogens is 1. The van der Waals surface area contributed by atoms with Crippen molar-refractivity contribution in [1.82, 2.24) is 10.6 Å². The molecule has 2 unspecified atom stereocenters. The van der Waals surface area contributed by atoms with E-state index in [9.17, 15) is 9.59 Å². The summed E-state index contributed by atoms with van der Waals surface area (Å²) in [5.41, 5.74) is 0.725. The maximum atomic E-state index is 13.1. The van der Waals surface area contributed by atoms with Gasteiger partial charge in [-0.1, -0.05) is 40.9 Å². The van der Waals surface area contributed by atoms with Gasteiger partial charge < -0.3 is 10.6 Å². The van der Waals surface area contributed by atoms with E-state index in [0.717, 1.165) is 55.0 Å². The molecular weight excluding hydrogens is 392 g/mol. The molecule has 0 spiro atoms. The number of carbonyl (C=O) groups is 2. The molecule has 0 saturated heterocycles. The first-order chi connectivity index (χ1) is 12.4. The van der Waals surface area contributed by atoms with E-state index in [4.69, 9.17) is 0 Å². The van der Waals surface area contributed by atoms with Gasteiger partial charge in [0.15, 0.2) is 0 Å². The molecule has 2 amide bonds. The van der Waals surface area contributed by atoms with Crippen LogP contribution in [0.25, 0.3) is 0 Å². The monoisotopic (exact) mass is 420 g/mol. The minimum absolute atomic E-state index is 0.0153. The van der Waals surface area contributed by atoms with Crippen LogP contribution < -0.4 is 10.6 Å². The highest BCUT2D eigenvalue weighted by atomic mass is 79.9. The molecule has 2 aliphatic carbocycles. The molecule has 2 fully saturated rings. The summed E-state index contributed by atoms with van der Waals surface area (Å²) in [6.07, 6.45) is 6.53. The molecular formula is C21H29BrN2O2. The summed E-state index contributed by atoms with van der Waals surface area (Å²) in [5, 5.41) is 6.30. The lowest BCUT2D eigenvalue weighted by Gasteiger charge is -2.42. The van der Waals surface area contributed by atoms with E-state index in [0.29, 0.717) is 0 Å². The Morgan fingerprint density at radius 1 is 1.12 bits per heavy atom. The largest absolute Gasteiger partial charge is 0.354 e. The molecule has 4 nitrogen and oxygen atoms in total. The highest BCUT2D eigenvalue weighted by Crippen LogP contribution is 2.44. The van der Waals surface area contributed by atoms with Crippen LogP contribution in [0.15, 0.2) is 28.7 Å². The van der Waals surface area contributed by atoms with E-state index in [1.807, 2.05) is 26.0 Å². The SMILES string of the molecule is CC(C)NC(=O)C1CCCC(NC(=O)C2(c3ccc(Br)cc3)CCC2)C1. The van der Waals surface area contributed by atoms with E-state index in [1.54, 1.807) is 0 Å². The van der Waals surface area contributed by atoms with Crippen LogP contribution in [-0.4, -0.2) is 23.9 Å². The highest BCUT2D eigenvalue weighted by Gasteiger charge is 2.46. The average Bonchev–Trinajstić information content (AvgIpc) is 2.55. The standard InChI is InChI=1S/C21H29BrN2O2/c1-14(2)23-19(25)15-5-3-6-18(13-15)24-20(26)21(11-4-12-21)16-7-9-17(22)10-8-16/h7-10,14-15,18H,3-6,11-13H2,1-2H3,(H,23,25)(H,24,26). The van der Waals surface area contributed by atoms with Gasteiger partial charge in [0.25, 0.3) is 0 Å². The maximum absolute atomic E-state index is 13.1. The summed E-state index contributed by atoms with van der Waals surface area (Å²) >= 11 is 3.47. The molecule has 2 atom stereocenters. The number of nitrogens with one attached hydrogen (secondary N) is 2. The van der Waals surface area contributed by atoms with Gasteiger partial charge in [0, 0.05) is 22.5 Å². The Morgan fingerprint density at radius 3 is 2.38 bits per heavy atom. The van der Waals surface area contributed by atoms with Crippen LogP contribution in [0.5, 0.6) is 0 Å². The van der Waals surface area contributed by atoms with E-state index in [2.05, 4.69) is 38.7 Å². The van der Waals surface area contributed by atoms with Gasteiger partial charge in [-0.25, -0.2) is 0 Å². The van der Waals surface area contributed by atoms with Crippen molar-refractivity contribution < 1.29 is 9.59 Å². The van der Waals surface area contributed by atoms with Crippen molar-refractivity contribution in [2.24, 2.45) is 5.92 Å². The van der Waals surface area contributed by atoms with E-state index < -0.39 is 0 Å². The van der Waals surface area contributed by atoms with Crippen LogP contribution in [0.2, 0.25) is 0 Å². The number of carbonyl (C=O) groups excluding carboxylic acids is 2. The van der Waals surface area contributed by atoms with Crippen molar-refractivity contribution >= 4 is 27.7 Å². The van der Waals surface area contributed by atoms with Crippen LogP contribution in [0.4, 0.5) is 0 Å². The van der Waals surface area contributed by atoms with E-state index in [1.165, 1.54) is 0 Å². The molecule has 5 heteroatoms. The lowest BCUT2D eigenvalue weighted by molar-refractivity contribution is -0.132. The van der Waals surface area contributed by atoms with Crippen molar-refractivity contribution in [3.63, 3.8) is 0 Å². The first-order valence-corrected chi connectivity index (χ1v) is 10.6. The molecule has 2 aliphatic rings. The van der Waals surface area contributed by atoms with Crippen molar-refractivity contribution in [2.75, 3.05) is 0 Å². The Balaban J connectivity index is 1.65. The Kier molecular flexibility index (Phi) is 6.06. The molecule has 0 aromatic heterocycles. The van der Waals surface area contributed by atoms with Crippen molar-refractivity contribution in [1.29, 1.82) is 0 Å². The molecule has 26 heavy (non-hydrogen) atoms. The predicted molar refractivity (Wildman–Crippen MR) is 107 cm³/mol. The molecule has 0 radical (unpaired) electrons. The fourth-order valence-electron chi connectivity index (χ4n) is 4.23. The van der Waals surface area contributed by atoms with Gasteiger partial charge in [-0.2, -0.15) is 0 Å². The summed E-state index contributed by atoms with van der Waals surface area (Å²) in [6, 6.07) is 8.40. The lowest BCUT2D eigenvalue weighted by atomic mass is 9.63. The van der Waals surface area contributed by atoms with Gasteiger partial charge in [0.05, 0.1) is 5.41 Å². The molecule has 2 N–H and O–H groups in total. The summed E-state index contributed by atoms with van der Waals surface area (Å²) in [6.45, 7) is 3.97. The number of hydrogen-bond donors (Lipinski definition) is 2. The minimum Gasteiger partial charge on any atom is -0.354 e. The second-order valence-corrected chi connectivity index (χ2v) is 9.06. The Labute approximate surface area is 164 Å². The average molecular weight is 421 g/mol. The van der Waals surface area contributed by atoms with Crippen LogP contribution in [-0.2, 0) is 15.0 Å². The normalized spacial score (nSPS) is 24.6. The quantitative estimate of drug-likeness (QED) is 0.753. The van der Waals surface area contributed by atoms with Crippen LogP contribution in [0.3, 0.4) is 0 Å². The third kappa shape index (κ3) is 4.13. The second kappa shape index (κ2) is 8.12. The molecule has 0 heterocycles. The minimum atomic E-state index is -0.381. The topological polar surface area (TPSA) is 58.2 Å².